The molecule has 0 aromatic heterocycles. The van der Waals surface area contributed by atoms with Gasteiger partial charge < -0.3 is 0 Å². The highest BCUT2D eigenvalue weighted by atomic mass is 35.6. The minimum absolute atomic E-state index is 0.0772. The largest absolute Gasteiger partial charge is 0.292 e. The van der Waals surface area contributed by atoms with Gasteiger partial charge in [0.05, 0.1) is 0 Å². The molecule has 94 valence electrons. The van der Waals surface area contributed by atoms with Crippen molar-refractivity contribution < 1.29 is 0 Å². The summed E-state index contributed by atoms with van der Waals surface area (Å²) in [6.07, 6.45) is 0. The lowest BCUT2D eigenvalue weighted by Gasteiger charge is -2.34. The molecule has 0 aliphatic carbocycles. The minimum Gasteiger partial charge on any atom is -0.292 e. The summed E-state index contributed by atoms with van der Waals surface area (Å²) in [6, 6.07) is 0. The van der Waals surface area contributed by atoms with Crippen LogP contribution in [-0.4, -0.2) is 29.4 Å². The number of halogens is 8. The van der Waals surface area contributed by atoms with E-state index in [1.54, 1.807) is 0 Å². The third kappa shape index (κ3) is 3.12. The number of nitrogens with one attached hydrogen (secondary N) is 1. The first-order valence-corrected chi connectivity index (χ1v) is 6.60. The molecule has 16 heavy (non-hydrogen) atoms. The standard InChI is InChI=1S/C5H3Cl8N3/c6-3(7,4(8,9)10)2-15-14-1-16(2)5(11,12)13/h14H,1H2. The summed E-state index contributed by atoms with van der Waals surface area (Å²) in [5.74, 6) is -0.0872. The molecule has 1 N–H and O–H groups in total. The molecule has 1 heterocycles. The molecule has 0 radical (unpaired) electrons. The minimum atomic E-state index is -2.03. The van der Waals surface area contributed by atoms with Crippen LogP contribution in [0.4, 0.5) is 0 Å². The first-order chi connectivity index (χ1) is 6.98. The molecule has 1 aliphatic rings. The fourth-order valence-electron chi connectivity index (χ4n) is 0.892. The van der Waals surface area contributed by atoms with E-state index in [1.165, 1.54) is 0 Å². The van der Waals surface area contributed by atoms with Crippen LogP contribution in [0.2, 0.25) is 0 Å². The highest BCUT2D eigenvalue weighted by Gasteiger charge is 2.56. The Hall–Kier alpha value is 1.59. The van der Waals surface area contributed by atoms with E-state index in [1.807, 2.05) is 0 Å². The Morgan fingerprint density at radius 2 is 1.50 bits per heavy atom. The van der Waals surface area contributed by atoms with Crippen molar-refractivity contribution in [1.29, 1.82) is 0 Å². The molecule has 0 bridgehead atoms. The van der Waals surface area contributed by atoms with Gasteiger partial charge in [-0.1, -0.05) is 92.8 Å². The molecule has 0 atom stereocenters. The summed E-state index contributed by atoms with van der Waals surface area (Å²) in [4.78, 5) is 1.14. The fraction of sp³-hybridized carbons (Fsp3) is 0.800. The van der Waals surface area contributed by atoms with E-state index in [0.717, 1.165) is 4.90 Å². The molecule has 0 fully saturated rings. The molecule has 0 aromatic carbocycles. The first-order valence-electron chi connectivity index (χ1n) is 3.58. The van der Waals surface area contributed by atoms with Crippen LogP contribution in [0.5, 0.6) is 0 Å². The molecule has 1 aliphatic heterocycles. The van der Waals surface area contributed by atoms with Crippen LogP contribution in [0.3, 0.4) is 0 Å². The van der Waals surface area contributed by atoms with Gasteiger partial charge in [0.25, 0.3) is 3.92 Å². The Bertz CT molecular complexity index is 302. The Balaban J connectivity index is 3.05. The average molecular weight is 389 g/mol. The van der Waals surface area contributed by atoms with Gasteiger partial charge in [0.1, 0.15) is 6.67 Å². The summed E-state index contributed by atoms with van der Waals surface area (Å²) in [7, 11) is 0. The zero-order valence-corrected chi connectivity index (χ0v) is 13.2. The molecule has 0 aromatic rings. The Kier molecular flexibility index (Phi) is 4.82. The Morgan fingerprint density at radius 3 is 1.88 bits per heavy atom. The van der Waals surface area contributed by atoms with Crippen molar-refractivity contribution in [2.75, 3.05) is 6.67 Å². The maximum atomic E-state index is 5.90. The molecule has 1 rings (SSSR count). The van der Waals surface area contributed by atoms with Gasteiger partial charge >= 0.3 is 0 Å². The van der Waals surface area contributed by atoms with Gasteiger partial charge in [0, 0.05) is 0 Å². The van der Waals surface area contributed by atoms with Crippen molar-refractivity contribution >= 4 is 98.6 Å². The molecule has 0 amide bonds. The number of alkyl halides is 8. The predicted octanol–water partition coefficient (Wildman–Crippen LogP) is 4.03. The van der Waals surface area contributed by atoms with Crippen LogP contribution in [0.1, 0.15) is 0 Å². The number of rotatable bonds is 1. The monoisotopic (exact) mass is 385 g/mol. The Labute approximate surface area is 132 Å². The van der Waals surface area contributed by atoms with Gasteiger partial charge in [-0.3, -0.25) is 10.3 Å². The summed E-state index contributed by atoms with van der Waals surface area (Å²) in [5, 5.41) is 3.74. The lowest BCUT2D eigenvalue weighted by atomic mass is 10.4. The van der Waals surface area contributed by atoms with Crippen LogP contribution >= 0.6 is 92.8 Å². The molecule has 0 unspecified atom stereocenters. The van der Waals surface area contributed by atoms with E-state index in [4.69, 9.17) is 92.8 Å². The Morgan fingerprint density at radius 1 is 1.00 bits per heavy atom. The van der Waals surface area contributed by atoms with Crippen LogP contribution in [-0.2, 0) is 0 Å². The van der Waals surface area contributed by atoms with Gasteiger partial charge in [0.2, 0.25) is 8.13 Å². The van der Waals surface area contributed by atoms with Gasteiger partial charge in [-0.05, 0) is 0 Å². The van der Waals surface area contributed by atoms with E-state index in [-0.39, 0.29) is 12.5 Å². The lowest BCUT2D eigenvalue weighted by Crippen LogP contribution is -2.51. The van der Waals surface area contributed by atoms with Crippen molar-refractivity contribution in [3.8, 4) is 0 Å². The van der Waals surface area contributed by atoms with Gasteiger partial charge in [-0.25, -0.2) is 0 Å². The van der Waals surface area contributed by atoms with Crippen molar-refractivity contribution in [2.24, 2.45) is 5.10 Å². The average Bonchev–Trinajstić information content (AvgIpc) is 2.47. The van der Waals surface area contributed by atoms with E-state index in [2.05, 4.69) is 10.5 Å². The molecular weight excluding hydrogens is 386 g/mol. The van der Waals surface area contributed by atoms with Crippen molar-refractivity contribution in [3.05, 3.63) is 0 Å². The van der Waals surface area contributed by atoms with Crippen LogP contribution in [0.15, 0.2) is 5.10 Å². The highest BCUT2D eigenvalue weighted by Crippen LogP contribution is 2.49. The van der Waals surface area contributed by atoms with Gasteiger partial charge in [0.15, 0.2) is 5.84 Å². The zero-order chi connectivity index (χ0) is 12.8. The number of hydrogen-bond acceptors (Lipinski definition) is 3. The number of hydrogen-bond donors (Lipinski definition) is 1. The normalized spacial score (nSPS) is 18.5. The molecule has 0 saturated carbocycles. The third-order valence-electron chi connectivity index (χ3n) is 1.61. The second-order valence-corrected chi connectivity index (χ2v) is 8.55. The summed E-state index contributed by atoms with van der Waals surface area (Å²) < 4.78 is -5.80. The molecule has 11 heteroatoms. The van der Waals surface area contributed by atoms with Crippen LogP contribution in [0, 0.1) is 0 Å². The lowest BCUT2D eigenvalue weighted by molar-refractivity contribution is 0.424. The first kappa shape index (κ1) is 15.6. The quantitative estimate of drug-likeness (QED) is 0.542. The fourth-order valence-corrected chi connectivity index (χ4v) is 1.85. The van der Waals surface area contributed by atoms with E-state index < -0.39 is 12.0 Å². The number of amidine groups is 1. The number of nitrogens with zero attached hydrogens (tertiary/aromatic N) is 2. The zero-order valence-electron chi connectivity index (χ0n) is 7.13. The van der Waals surface area contributed by atoms with Crippen LogP contribution < -0.4 is 5.43 Å². The number of hydrazone groups is 1. The second-order valence-electron chi connectivity index (χ2n) is 2.72. The van der Waals surface area contributed by atoms with Crippen molar-refractivity contribution in [2.45, 2.75) is 12.0 Å². The highest BCUT2D eigenvalue weighted by molar-refractivity contribution is 6.79. The van der Waals surface area contributed by atoms with E-state index in [9.17, 15) is 0 Å². The smallest absolute Gasteiger partial charge is 0.270 e. The summed E-state index contributed by atoms with van der Waals surface area (Å²) in [6.45, 7) is 0.0772. The molecule has 0 spiro atoms. The SMILES string of the molecule is ClC(Cl)(Cl)N1CNN=C1C(Cl)(Cl)C(Cl)(Cl)Cl. The maximum Gasteiger partial charge on any atom is 0.270 e. The molecule has 0 saturated heterocycles. The molecule has 3 nitrogen and oxygen atoms in total. The predicted molar refractivity (Wildman–Crippen MR) is 72.3 cm³/mol. The van der Waals surface area contributed by atoms with Crippen molar-refractivity contribution in [1.82, 2.24) is 10.3 Å². The summed E-state index contributed by atoms with van der Waals surface area (Å²) >= 11 is 45.7. The van der Waals surface area contributed by atoms with E-state index in [0.29, 0.717) is 0 Å². The topological polar surface area (TPSA) is 27.6 Å². The summed E-state index contributed by atoms with van der Waals surface area (Å²) in [5.41, 5.74) is 2.52. The second kappa shape index (κ2) is 4.93. The third-order valence-corrected chi connectivity index (χ3v) is 4.56. The van der Waals surface area contributed by atoms with E-state index >= 15 is 0 Å². The van der Waals surface area contributed by atoms with Crippen molar-refractivity contribution in [3.63, 3.8) is 0 Å². The van der Waals surface area contributed by atoms with Gasteiger partial charge in [-0.2, -0.15) is 5.10 Å². The molecular formula is C5H3Cl8N3. The maximum absolute atomic E-state index is 5.90. The van der Waals surface area contributed by atoms with Crippen LogP contribution in [0.25, 0.3) is 0 Å². The van der Waals surface area contributed by atoms with Gasteiger partial charge in [-0.15, -0.1) is 0 Å².